The van der Waals surface area contributed by atoms with Gasteiger partial charge in [-0.3, -0.25) is 4.79 Å². The third kappa shape index (κ3) is 1.59. The fraction of sp³-hybridized carbons (Fsp3) is 0.364. The molecule has 0 saturated carbocycles. The van der Waals surface area contributed by atoms with Gasteiger partial charge in [0, 0.05) is 5.56 Å². The van der Waals surface area contributed by atoms with Gasteiger partial charge in [0.1, 0.15) is 12.5 Å². The van der Waals surface area contributed by atoms with Gasteiger partial charge in [0.05, 0.1) is 13.2 Å². The lowest BCUT2D eigenvalue weighted by molar-refractivity contribution is -0.148. The predicted octanol–water partition coefficient (Wildman–Crippen LogP) is 0.822. The molecule has 1 aliphatic rings. The van der Waals surface area contributed by atoms with Crippen molar-refractivity contribution in [2.45, 2.75) is 6.10 Å². The zero-order valence-corrected chi connectivity index (χ0v) is 8.71. The molecule has 2 atom stereocenters. The van der Waals surface area contributed by atoms with Crippen LogP contribution in [0.1, 0.15) is 11.7 Å². The predicted molar refractivity (Wildman–Crippen MR) is 54.6 cm³/mol. The average Bonchev–Trinajstić information content (AvgIpc) is 2.28. The van der Waals surface area contributed by atoms with Crippen LogP contribution in [-0.4, -0.2) is 29.9 Å². The molecular weight excluding hydrogens is 212 g/mol. The fourth-order valence-electron chi connectivity index (χ4n) is 1.77. The quantitative estimate of drug-likeness (QED) is 0.777. The van der Waals surface area contributed by atoms with E-state index in [9.17, 15) is 9.90 Å². The van der Waals surface area contributed by atoms with Gasteiger partial charge in [-0.05, 0) is 6.07 Å². The largest absolute Gasteiger partial charge is 0.493 e. The molecule has 1 heterocycles. The van der Waals surface area contributed by atoms with E-state index in [2.05, 4.69) is 0 Å². The van der Waals surface area contributed by atoms with Gasteiger partial charge in [0.2, 0.25) is 0 Å². The Labute approximate surface area is 92.2 Å². The minimum atomic E-state index is -1.07. The summed E-state index contributed by atoms with van der Waals surface area (Å²) in [4.78, 5) is 10.9. The molecule has 1 aliphatic heterocycles. The first-order valence-corrected chi connectivity index (χ1v) is 4.85. The van der Waals surface area contributed by atoms with E-state index < -0.39 is 18.0 Å². The molecule has 1 aromatic carbocycles. The molecule has 86 valence electrons. The summed E-state index contributed by atoms with van der Waals surface area (Å²) in [7, 11) is 1.49. The van der Waals surface area contributed by atoms with E-state index in [-0.39, 0.29) is 6.61 Å². The van der Waals surface area contributed by atoms with Gasteiger partial charge >= 0.3 is 5.97 Å². The van der Waals surface area contributed by atoms with Crippen molar-refractivity contribution in [2.24, 2.45) is 5.92 Å². The van der Waals surface area contributed by atoms with E-state index in [1.165, 1.54) is 7.11 Å². The number of carboxylic acid groups (broad SMARTS) is 1. The molecule has 0 radical (unpaired) electrons. The molecule has 1 aromatic rings. The van der Waals surface area contributed by atoms with E-state index in [0.29, 0.717) is 17.1 Å². The number of rotatable bonds is 2. The molecular formula is C11H12O5. The van der Waals surface area contributed by atoms with Gasteiger partial charge in [-0.15, -0.1) is 0 Å². The summed E-state index contributed by atoms with van der Waals surface area (Å²) in [6.07, 6.45) is -1.06. The number of carboxylic acids is 1. The minimum absolute atomic E-state index is 0.0517. The van der Waals surface area contributed by atoms with Crippen LogP contribution in [0.2, 0.25) is 0 Å². The van der Waals surface area contributed by atoms with E-state index in [0.717, 1.165) is 0 Å². The summed E-state index contributed by atoms with van der Waals surface area (Å²) in [5.41, 5.74) is 0.456. The Bertz CT molecular complexity index is 415. The smallest absolute Gasteiger partial charge is 0.313 e. The number of aliphatic hydroxyl groups excluding tert-OH is 1. The van der Waals surface area contributed by atoms with Crippen LogP contribution in [0.3, 0.4) is 0 Å². The number of para-hydroxylation sites is 1. The van der Waals surface area contributed by atoms with E-state index in [1.54, 1.807) is 18.2 Å². The van der Waals surface area contributed by atoms with Crippen LogP contribution in [0.4, 0.5) is 0 Å². The fourth-order valence-corrected chi connectivity index (χ4v) is 1.77. The highest BCUT2D eigenvalue weighted by molar-refractivity contribution is 5.72. The summed E-state index contributed by atoms with van der Waals surface area (Å²) >= 11 is 0. The lowest BCUT2D eigenvalue weighted by Gasteiger charge is -2.28. The second-order valence-corrected chi connectivity index (χ2v) is 3.58. The molecule has 0 aromatic heterocycles. The number of methoxy groups -OCH3 is 1. The highest BCUT2D eigenvalue weighted by Crippen LogP contribution is 2.41. The van der Waals surface area contributed by atoms with Gasteiger partial charge in [-0.1, -0.05) is 12.1 Å². The third-order valence-electron chi connectivity index (χ3n) is 2.65. The molecule has 0 fully saturated rings. The Kier molecular flexibility index (Phi) is 2.70. The second kappa shape index (κ2) is 4.02. The van der Waals surface area contributed by atoms with Crippen LogP contribution in [0.25, 0.3) is 0 Å². The summed E-state index contributed by atoms with van der Waals surface area (Å²) in [5, 5.41) is 18.8. The van der Waals surface area contributed by atoms with Gasteiger partial charge < -0.3 is 19.7 Å². The molecule has 5 heteroatoms. The Morgan fingerprint density at radius 2 is 2.31 bits per heavy atom. The Hall–Kier alpha value is -1.75. The lowest BCUT2D eigenvalue weighted by atomic mass is 9.93. The number of carbonyl (C=O) groups is 1. The molecule has 2 rings (SSSR count). The van der Waals surface area contributed by atoms with Gasteiger partial charge in [-0.2, -0.15) is 0 Å². The molecule has 16 heavy (non-hydrogen) atoms. The normalized spacial score (nSPS) is 23.1. The molecule has 0 spiro atoms. The standard InChI is InChI=1S/C11H12O5/c1-15-8-4-2-3-6-9(12)7(11(13)14)5-16-10(6)8/h2-4,7,9,12H,5H2,1H3,(H,13,14). The molecule has 2 unspecified atom stereocenters. The minimum Gasteiger partial charge on any atom is -0.493 e. The summed E-state index contributed by atoms with van der Waals surface area (Å²) in [5.74, 6) is -1.07. The van der Waals surface area contributed by atoms with Crippen molar-refractivity contribution >= 4 is 5.97 Å². The van der Waals surface area contributed by atoms with E-state index in [1.807, 2.05) is 0 Å². The molecule has 5 nitrogen and oxygen atoms in total. The molecule has 0 saturated heterocycles. The first-order valence-electron chi connectivity index (χ1n) is 4.85. The molecule has 0 aliphatic carbocycles. The highest BCUT2D eigenvalue weighted by Gasteiger charge is 2.35. The number of fused-ring (bicyclic) bond motifs is 1. The van der Waals surface area contributed by atoms with Crippen LogP contribution in [0.5, 0.6) is 11.5 Å². The number of hydrogen-bond acceptors (Lipinski definition) is 4. The maximum absolute atomic E-state index is 10.9. The number of aliphatic carboxylic acids is 1. The van der Waals surface area contributed by atoms with Crippen molar-refractivity contribution in [3.8, 4) is 11.5 Å². The SMILES string of the molecule is COc1cccc2c1OCC(C(=O)O)C2O. The average molecular weight is 224 g/mol. The van der Waals surface area contributed by atoms with Crippen LogP contribution < -0.4 is 9.47 Å². The number of aliphatic hydroxyl groups is 1. The summed E-state index contributed by atoms with van der Waals surface area (Å²) in [6, 6.07) is 5.03. The van der Waals surface area contributed by atoms with Gasteiger partial charge in [-0.25, -0.2) is 0 Å². The topological polar surface area (TPSA) is 76.0 Å². The van der Waals surface area contributed by atoms with Gasteiger partial charge in [0.15, 0.2) is 11.5 Å². The van der Waals surface area contributed by atoms with Crippen LogP contribution in [0, 0.1) is 5.92 Å². The van der Waals surface area contributed by atoms with Crippen molar-refractivity contribution < 1.29 is 24.5 Å². The van der Waals surface area contributed by atoms with Crippen LogP contribution in [-0.2, 0) is 4.79 Å². The Morgan fingerprint density at radius 3 is 2.94 bits per heavy atom. The third-order valence-corrected chi connectivity index (χ3v) is 2.65. The Morgan fingerprint density at radius 1 is 1.56 bits per heavy atom. The van der Waals surface area contributed by atoms with Crippen molar-refractivity contribution in [1.29, 1.82) is 0 Å². The second-order valence-electron chi connectivity index (χ2n) is 3.58. The summed E-state index contributed by atoms with van der Waals surface area (Å²) < 4.78 is 10.4. The molecule has 0 bridgehead atoms. The van der Waals surface area contributed by atoms with Crippen molar-refractivity contribution in [3.05, 3.63) is 23.8 Å². The number of ether oxygens (including phenoxy) is 2. The lowest BCUT2D eigenvalue weighted by Crippen LogP contribution is -2.32. The highest BCUT2D eigenvalue weighted by atomic mass is 16.5. The van der Waals surface area contributed by atoms with Crippen LogP contribution in [0.15, 0.2) is 18.2 Å². The van der Waals surface area contributed by atoms with Crippen molar-refractivity contribution in [1.82, 2.24) is 0 Å². The molecule has 0 amide bonds. The maximum Gasteiger partial charge on any atom is 0.313 e. The first-order chi connectivity index (χ1) is 7.65. The first kappa shape index (κ1) is 10.8. The zero-order chi connectivity index (χ0) is 11.7. The van der Waals surface area contributed by atoms with Crippen molar-refractivity contribution in [3.63, 3.8) is 0 Å². The van der Waals surface area contributed by atoms with E-state index in [4.69, 9.17) is 14.6 Å². The van der Waals surface area contributed by atoms with Crippen molar-refractivity contribution in [2.75, 3.05) is 13.7 Å². The zero-order valence-electron chi connectivity index (χ0n) is 8.71. The van der Waals surface area contributed by atoms with Gasteiger partial charge in [0.25, 0.3) is 0 Å². The number of benzene rings is 1. The number of hydrogen-bond donors (Lipinski definition) is 2. The van der Waals surface area contributed by atoms with E-state index >= 15 is 0 Å². The maximum atomic E-state index is 10.9. The monoisotopic (exact) mass is 224 g/mol. The van der Waals surface area contributed by atoms with Crippen LogP contribution >= 0.6 is 0 Å². The Balaban J connectivity index is 2.42. The molecule has 2 N–H and O–H groups in total. The summed E-state index contributed by atoms with van der Waals surface area (Å²) in [6.45, 7) is -0.0517.